The van der Waals surface area contributed by atoms with E-state index in [2.05, 4.69) is 12.2 Å². The molecule has 1 amide bonds. The minimum absolute atomic E-state index is 0.0855. The number of piperidine rings is 1. The number of carbonyl (C=O) groups is 2. The van der Waals surface area contributed by atoms with Crippen LogP contribution in [0.2, 0.25) is 0 Å². The largest absolute Gasteiger partial charge is 0.480 e. The van der Waals surface area contributed by atoms with Crippen molar-refractivity contribution in [1.82, 2.24) is 10.2 Å². The van der Waals surface area contributed by atoms with Crippen LogP contribution in [0.15, 0.2) is 0 Å². The van der Waals surface area contributed by atoms with Gasteiger partial charge < -0.3 is 15.3 Å². The normalized spacial score (nSPS) is 24.7. The van der Waals surface area contributed by atoms with E-state index < -0.39 is 5.97 Å². The summed E-state index contributed by atoms with van der Waals surface area (Å²) in [5.74, 6) is -0.533. The Bertz CT molecular complexity index is 291. The van der Waals surface area contributed by atoms with E-state index in [1.54, 1.807) is 0 Å². The Kier molecular flexibility index (Phi) is 4.93. The van der Waals surface area contributed by atoms with Crippen molar-refractivity contribution in [2.75, 3.05) is 13.1 Å². The van der Waals surface area contributed by atoms with Gasteiger partial charge in [-0.05, 0) is 39.2 Å². The summed E-state index contributed by atoms with van der Waals surface area (Å²) in [5, 5.41) is 12.0. The molecule has 2 atom stereocenters. The fraction of sp³-hybridized carbons (Fsp3) is 0.833. The van der Waals surface area contributed by atoms with Crippen molar-refractivity contribution in [2.45, 2.75) is 45.7 Å². The third-order valence-electron chi connectivity index (χ3n) is 3.18. The lowest BCUT2D eigenvalue weighted by Crippen LogP contribution is -2.53. The topological polar surface area (TPSA) is 69.6 Å². The molecule has 0 aromatic carbocycles. The van der Waals surface area contributed by atoms with Crippen molar-refractivity contribution in [3.63, 3.8) is 0 Å². The molecule has 98 valence electrons. The molecular weight excluding hydrogens is 220 g/mol. The number of nitrogens with zero attached hydrogens (tertiary/aromatic N) is 1. The number of carbonyl (C=O) groups excluding carboxylic acids is 1. The van der Waals surface area contributed by atoms with Crippen LogP contribution in [-0.2, 0) is 9.59 Å². The molecule has 0 radical (unpaired) electrons. The molecule has 1 heterocycles. The molecule has 1 aliphatic heterocycles. The molecule has 1 saturated heterocycles. The zero-order chi connectivity index (χ0) is 13.0. The average Bonchev–Trinajstić information content (AvgIpc) is 2.24. The maximum atomic E-state index is 12.2. The molecule has 1 rings (SSSR count). The van der Waals surface area contributed by atoms with Gasteiger partial charge in [-0.3, -0.25) is 9.59 Å². The fourth-order valence-electron chi connectivity index (χ4n) is 2.16. The van der Waals surface area contributed by atoms with Crippen LogP contribution in [0, 0.1) is 5.92 Å². The maximum Gasteiger partial charge on any atom is 0.323 e. The number of nitrogens with one attached hydrogen (secondary N) is 1. The predicted octanol–water partition coefficient (Wildman–Crippen LogP) is 0.696. The summed E-state index contributed by atoms with van der Waals surface area (Å²) in [6.07, 6.45) is 1.87. The van der Waals surface area contributed by atoms with E-state index in [0.29, 0.717) is 5.92 Å². The van der Waals surface area contributed by atoms with Gasteiger partial charge in [0.1, 0.15) is 6.54 Å². The first-order chi connectivity index (χ1) is 7.91. The van der Waals surface area contributed by atoms with E-state index >= 15 is 0 Å². The predicted molar refractivity (Wildman–Crippen MR) is 64.7 cm³/mol. The quantitative estimate of drug-likeness (QED) is 0.761. The van der Waals surface area contributed by atoms with Gasteiger partial charge in [0.15, 0.2) is 0 Å². The number of aliphatic carboxylic acids is 1. The van der Waals surface area contributed by atoms with Gasteiger partial charge in [-0.2, -0.15) is 0 Å². The second-order valence-corrected chi connectivity index (χ2v) is 5.09. The van der Waals surface area contributed by atoms with Gasteiger partial charge in [-0.15, -0.1) is 0 Å². The average molecular weight is 242 g/mol. The highest BCUT2D eigenvalue weighted by Crippen LogP contribution is 2.17. The molecule has 1 aliphatic rings. The first kappa shape index (κ1) is 14.0. The first-order valence-electron chi connectivity index (χ1n) is 6.17. The molecule has 0 aromatic heterocycles. The number of rotatable bonds is 4. The molecule has 17 heavy (non-hydrogen) atoms. The zero-order valence-corrected chi connectivity index (χ0v) is 10.8. The summed E-state index contributed by atoms with van der Waals surface area (Å²) >= 11 is 0. The number of carboxylic acid groups (broad SMARTS) is 1. The number of hydrogen-bond acceptors (Lipinski definition) is 3. The number of amides is 1. The van der Waals surface area contributed by atoms with E-state index in [1.165, 1.54) is 4.90 Å². The zero-order valence-electron chi connectivity index (χ0n) is 10.8. The van der Waals surface area contributed by atoms with E-state index in [9.17, 15) is 9.59 Å². The molecule has 0 spiro atoms. The van der Waals surface area contributed by atoms with Crippen molar-refractivity contribution >= 4 is 11.9 Å². The monoisotopic (exact) mass is 242 g/mol. The van der Waals surface area contributed by atoms with Gasteiger partial charge in [0.05, 0.1) is 6.04 Å². The summed E-state index contributed by atoms with van der Waals surface area (Å²) in [4.78, 5) is 24.4. The van der Waals surface area contributed by atoms with Crippen molar-refractivity contribution < 1.29 is 14.7 Å². The third-order valence-corrected chi connectivity index (χ3v) is 3.18. The highest BCUT2D eigenvalue weighted by molar-refractivity contribution is 5.85. The summed E-state index contributed by atoms with van der Waals surface area (Å²) in [5.41, 5.74) is 0. The summed E-state index contributed by atoms with van der Waals surface area (Å²) in [6.45, 7) is 6.41. The first-order valence-corrected chi connectivity index (χ1v) is 6.17. The van der Waals surface area contributed by atoms with E-state index in [4.69, 9.17) is 5.11 Å². The van der Waals surface area contributed by atoms with E-state index in [-0.39, 0.29) is 24.5 Å². The van der Waals surface area contributed by atoms with Gasteiger partial charge in [-0.25, -0.2) is 0 Å². The van der Waals surface area contributed by atoms with Crippen molar-refractivity contribution in [2.24, 2.45) is 5.92 Å². The van der Waals surface area contributed by atoms with Crippen LogP contribution in [-0.4, -0.2) is 47.1 Å². The molecule has 1 fully saturated rings. The molecule has 0 aliphatic carbocycles. The standard InChI is InChI=1S/C12H22N2O3/c1-8(2)14(7-11(15)16)12(17)10-6-9(3)4-5-13-10/h8-10,13H,4-7H2,1-3H3,(H,15,16). The Labute approximate surface area is 102 Å². The Hall–Kier alpha value is -1.10. The Morgan fingerprint density at radius 2 is 2.12 bits per heavy atom. The lowest BCUT2D eigenvalue weighted by Gasteiger charge is -2.33. The van der Waals surface area contributed by atoms with Crippen LogP contribution in [0.5, 0.6) is 0 Å². The molecule has 2 N–H and O–H groups in total. The van der Waals surface area contributed by atoms with E-state index in [1.807, 2.05) is 13.8 Å². The molecule has 2 unspecified atom stereocenters. The second kappa shape index (κ2) is 6.00. The van der Waals surface area contributed by atoms with Crippen molar-refractivity contribution in [1.29, 1.82) is 0 Å². The van der Waals surface area contributed by atoms with Gasteiger partial charge in [0.25, 0.3) is 0 Å². The number of carboxylic acids is 1. The molecule has 0 bridgehead atoms. The highest BCUT2D eigenvalue weighted by atomic mass is 16.4. The Morgan fingerprint density at radius 1 is 1.47 bits per heavy atom. The van der Waals surface area contributed by atoms with Crippen LogP contribution in [0.1, 0.15) is 33.6 Å². The highest BCUT2D eigenvalue weighted by Gasteiger charge is 2.30. The molecule has 0 aromatic rings. The minimum atomic E-state index is -0.962. The lowest BCUT2D eigenvalue weighted by molar-refractivity contribution is -0.147. The SMILES string of the molecule is CC1CCNC(C(=O)N(CC(=O)O)C(C)C)C1. The van der Waals surface area contributed by atoms with Gasteiger partial charge in [-0.1, -0.05) is 6.92 Å². The molecule has 0 saturated carbocycles. The van der Waals surface area contributed by atoms with Crippen LogP contribution in [0.3, 0.4) is 0 Å². The molecular formula is C12H22N2O3. The number of hydrogen-bond donors (Lipinski definition) is 2. The van der Waals surface area contributed by atoms with Crippen LogP contribution in [0.25, 0.3) is 0 Å². The van der Waals surface area contributed by atoms with Crippen molar-refractivity contribution in [3.8, 4) is 0 Å². The van der Waals surface area contributed by atoms with Crippen LogP contribution < -0.4 is 5.32 Å². The van der Waals surface area contributed by atoms with E-state index in [0.717, 1.165) is 19.4 Å². The lowest BCUT2D eigenvalue weighted by atomic mass is 9.93. The van der Waals surface area contributed by atoms with Gasteiger partial charge >= 0.3 is 5.97 Å². The fourth-order valence-corrected chi connectivity index (χ4v) is 2.16. The second-order valence-electron chi connectivity index (χ2n) is 5.09. The van der Waals surface area contributed by atoms with Crippen LogP contribution >= 0.6 is 0 Å². The Morgan fingerprint density at radius 3 is 2.59 bits per heavy atom. The summed E-state index contributed by atoms with van der Waals surface area (Å²) < 4.78 is 0. The molecule has 5 heteroatoms. The maximum absolute atomic E-state index is 12.2. The van der Waals surface area contributed by atoms with Crippen molar-refractivity contribution in [3.05, 3.63) is 0 Å². The molecule has 5 nitrogen and oxygen atoms in total. The summed E-state index contributed by atoms with van der Waals surface area (Å²) in [7, 11) is 0. The van der Waals surface area contributed by atoms with Crippen LogP contribution in [0.4, 0.5) is 0 Å². The third kappa shape index (κ3) is 4.00. The minimum Gasteiger partial charge on any atom is -0.480 e. The smallest absolute Gasteiger partial charge is 0.323 e. The van der Waals surface area contributed by atoms with Gasteiger partial charge in [0, 0.05) is 6.04 Å². The Balaban J connectivity index is 2.66. The van der Waals surface area contributed by atoms with Gasteiger partial charge in [0.2, 0.25) is 5.91 Å². The summed E-state index contributed by atoms with van der Waals surface area (Å²) in [6, 6.07) is -0.307.